The van der Waals surface area contributed by atoms with Crippen LogP contribution in [0.15, 0.2) is 42.0 Å². The van der Waals surface area contributed by atoms with Crippen molar-refractivity contribution in [1.29, 1.82) is 0 Å². The van der Waals surface area contributed by atoms with Gasteiger partial charge in [0, 0.05) is 37.1 Å². The first-order valence-electron chi connectivity index (χ1n) is 9.21. The maximum Gasteiger partial charge on any atom is 0.187 e. The van der Waals surface area contributed by atoms with Gasteiger partial charge in [-0.05, 0) is 6.42 Å². The predicted octanol–water partition coefficient (Wildman–Crippen LogP) is 3.62. The molecule has 7 heteroatoms. The Labute approximate surface area is 162 Å². The highest BCUT2D eigenvalue weighted by Gasteiger charge is 2.22. The van der Waals surface area contributed by atoms with E-state index in [1.807, 2.05) is 30.0 Å². The van der Waals surface area contributed by atoms with Crippen molar-refractivity contribution >= 4 is 17.2 Å². The molecule has 1 fully saturated rings. The minimum absolute atomic E-state index is 0.277. The highest BCUT2D eigenvalue weighted by Crippen LogP contribution is 2.24. The van der Waals surface area contributed by atoms with E-state index in [9.17, 15) is 4.39 Å². The number of halogens is 1. The average molecular weight is 383 g/mol. The summed E-state index contributed by atoms with van der Waals surface area (Å²) in [6.07, 6.45) is 2.04. The fraction of sp³-hybridized carbons (Fsp3) is 0.350. The van der Waals surface area contributed by atoms with E-state index in [0.717, 1.165) is 49.0 Å². The van der Waals surface area contributed by atoms with Crippen molar-refractivity contribution in [2.24, 2.45) is 0 Å². The quantitative estimate of drug-likeness (QED) is 0.673. The first-order valence-corrected chi connectivity index (χ1v) is 10.1. The Balaban J connectivity index is 1.37. The number of piperazine rings is 1. The minimum Gasteiger partial charge on any atom is -0.352 e. The van der Waals surface area contributed by atoms with Gasteiger partial charge in [-0.25, -0.2) is 19.3 Å². The maximum atomic E-state index is 14.5. The molecule has 0 atom stereocenters. The number of rotatable bonds is 5. The van der Waals surface area contributed by atoms with Crippen LogP contribution in [0, 0.1) is 5.82 Å². The zero-order valence-electron chi connectivity index (χ0n) is 15.3. The Morgan fingerprint density at radius 1 is 1.07 bits per heavy atom. The minimum atomic E-state index is -0.277. The van der Waals surface area contributed by atoms with E-state index in [1.165, 1.54) is 6.33 Å². The van der Waals surface area contributed by atoms with E-state index >= 15 is 0 Å². The summed E-state index contributed by atoms with van der Waals surface area (Å²) >= 11 is 1.70. The van der Waals surface area contributed by atoms with Crippen molar-refractivity contribution in [2.75, 3.05) is 31.1 Å². The van der Waals surface area contributed by atoms with Crippen LogP contribution in [0.2, 0.25) is 0 Å². The topological polar surface area (TPSA) is 45.2 Å². The molecule has 3 heterocycles. The fourth-order valence-electron chi connectivity index (χ4n) is 3.30. The van der Waals surface area contributed by atoms with Crippen LogP contribution in [0.5, 0.6) is 0 Å². The summed E-state index contributed by atoms with van der Waals surface area (Å²) in [4.78, 5) is 17.3. The van der Waals surface area contributed by atoms with Gasteiger partial charge in [0.2, 0.25) is 0 Å². The van der Waals surface area contributed by atoms with Crippen molar-refractivity contribution < 1.29 is 4.39 Å². The molecule has 0 radical (unpaired) electrons. The summed E-state index contributed by atoms with van der Waals surface area (Å²) in [5.41, 5.74) is 2.67. The summed E-state index contributed by atoms with van der Waals surface area (Å²) in [6.45, 7) is 5.99. The van der Waals surface area contributed by atoms with Crippen LogP contribution in [0.3, 0.4) is 0 Å². The molecule has 2 aromatic heterocycles. The number of hydrogen-bond acceptors (Lipinski definition) is 6. The third kappa shape index (κ3) is 3.99. The largest absolute Gasteiger partial charge is 0.352 e. The number of aromatic nitrogens is 3. The lowest BCUT2D eigenvalue weighted by molar-refractivity contribution is 0.248. The Morgan fingerprint density at radius 3 is 2.59 bits per heavy atom. The summed E-state index contributed by atoms with van der Waals surface area (Å²) in [5.74, 6) is 0.156. The van der Waals surface area contributed by atoms with Crippen molar-refractivity contribution in [3.8, 4) is 11.3 Å². The summed E-state index contributed by atoms with van der Waals surface area (Å²) in [5, 5.41) is 3.23. The van der Waals surface area contributed by atoms with E-state index in [0.29, 0.717) is 17.9 Å². The SMILES string of the molecule is CCc1ncnc(N2CCN(Cc3nc(-c4ccccc4)cs3)CC2)c1F. The van der Waals surface area contributed by atoms with Gasteiger partial charge < -0.3 is 4.90 Å². The van der Waals surface area contributed by atoms with Crippen molar-refractivity contribution in [3.63, 3.8) is 0 Å². The van der Waals surface area contributed by atoms with Gasteiger partial charge >= 0.3 is 0 Å². The third-order valence-electron chi connectivity index (χ3n) is 4.83. The molecule has 0 unspecified atom stereocenters. The van der Waals surface area contributed by atoms with Crippen LogP contribution in [0.25, 0.3) is 11.3 Å². The van der Waals surface area contributed by atoms with Crippen molar-refractivity contribution in [1.82, 2.24) is 19.9 Å². The second-order valence-electron chi connectivity index (χ2n) is 6.57. The zero-order valence-corrected chi connectivity index (χ0v) is 16.1. The Hall–Kier alpha value is -2.38. The average Bonchev–Trinajstić information content (AvgIpc) is 3.18. The highest BCUT2D eigenvalue weighted by atomic mass is 32.1. The summed E-state index contributed by atoms with van der Waals surface area (Å²) in [7, 11) is 0. The molecule has 0 N–H and O–H groups in total. The van der Waals surface area contributed by atoms with Crippen LogP contribution >= 0.6 is 11.3 Å². The number of thiazole rings is 1. The van der Waals surface area contributed by atoms with E-state index in [2.05, 4.69) is 32.4 Å². The van der Waals surface area contributed by atoms with Crippen molar-refractivity contribution in [3.05, 3.63) is 58.6 Å². The van der Waals surface area contributed by atoms with Gasteiger partial charge in [-0.1, -0.05) is 37.3 Å². The third-order valence-corrected chi connectivity index (χ3v) is 5.66. The lowest BCUT2D eigenvalue weighted by Gasteiger charge is -2.35. The number of nitrogens with zero attached hydrogens (tertiary/aromatic N) is 5. The molecule has 0 saturated carbocycles. The normalized spacial score (nSPS) is 15.3. The van der Waals surface area contributed by atoms with E-state index in [1.54, 1.807) is 11.3 Å². The van der Waals surface area contributed by atoms with E-state index < -0.39 is 0 Å². The maximum absolute atomic E-state index is 14.5. The van der Waals surface area contributed by atoms with Gasteiger partial charge in [0.25, 0.3) is 0 Å². The monoisotopic (exact) mass is 383 g/mol. The Bertz CT molecular complexity index is 890. The highest BCUT2D eigenvalue weighted by molar-refractivity contribution is 7.09. The summed E-state index contributed by atoms with van der Waals surface area (Å²) < 4.78 is 14.5. The second-order valence-corrected chi connectivity index (χ2v) is 7.51. The molecular weight excluding hydrogens is 361 g/mol. The van der Waals surface area contributed by atoms with Gasteiger partial charge in [-0.3, -0.25) is 4.90 Å². The molecule has 0 bridgehead atoms. The summed E-state index contributed by atoms with van der Waals surface area (Å²) in [6, 6.07) is 10.2. The standard InChI is InChI=1S/C20H22FN5S/c1-2-16-19(21)20(23-14-22-16)26-10-8-25(9-11-26)12-18-24-17(13-27-18)15-6-4-3-5-7-15/h3-7,13-14H,2,8-12H2,1H3. The number of anilines is 1. The molecule has 3 aromatic rings. The van der Waals surface area contributed by atoms with Gasteiger partial charge in [0.15, 0.2) is 11.6 Å². The second kappa shape index (κ2) is 8.10. The molecule has 0 amide bonds. The van der Waals surface area contributed by atoms with Gasteiger partial charge in [-0.2, -0.15) is 0 Å². The molecule has 0 spiro atoms. The van der Waals surface area contributed by atoms with Crippen LogP contribution in [0.1, 0.15) is 17.6 Å². The van der Waals surface area contributed by atoms with Crippen LogP contribution in [-0.4, -0.2) is 46.0 Å². The molecule has 1 aromatic carbocycles. The molecule has 4 rings (SSSR count). The predicted molar refractivity (Wildman–Crippen MR) is 106 cm³/mol. The molecule has 5 nitrogen and oxygen atoms in total. The van der Waals surface area contributed by atoms with Gasteiger partial charge in [0.1, 0.15) is 11.3 Å². The molecule has 1 saturated heterocycles. The molecule has 1 aliphatic rings. The van der Waals surface area contributed by atoms with Crippen LogP contribution in [0.4, 0.5) is 10.2 Å². The first kappa shape index (κ1) is 18.0. The Kier molecular flexibility index (Phi) is 5.40. The fourth-order valence-corrected chi connectivity index (χ4v) is 4.14. The van der Waals surface area contributed by atoms with E-state index in [4.69, 9.17) is 4.98 Å². The lowest BCUT2D eigenvalue weighted by Crippen LogP contribution is -2.46. The molecule has 0 aliphatic carbocycles. The molecule has 27 heavy (non-hydrogen) atoms. The number of hydrogen-bond donors (Lipinski definition) is 0. The van der Waals surface area contributed by atoms with E-state index in [-0.39, 0.29) is 5.82 Å². The van der Waals surface area contributed by atoms with Crippen LogP contribution < -0.4 is 4.90 Å². The Morgan fingerprint density at radius 2 is 1.85 bits per heavy atom. The number of benzene rings is 1. The zero-order chi connectivity index (χ0) is 18.6. The molecular formula is C20H22FN5S. The van der Waals surface area contributed by atoms with Gasteiger partial charge in [0.05, 0.1) is 17.9 Å². The van der Waals surface area contributed by atoms with Crippen molar-refractivity contribution in [2.45, 2.75) is 19.9 Å². The van der Waals surface area contributed by atoms with Gasteiger partial charge in [-0.15, -0.1) is 11.3 Å². The smallest absolute Gasteiger partial charge is 0.187 e. The molecule has 140 valence electrons. The van der Waals surface area contributed by atoms with Crippen LogP contribution in [-0.2, 0) is 13.0 Å². The lowest BCUT2D eigenvalue weighted by atomic mass is 10.2. The number of aryl methyl sites for hydroxylation is 1. The molecule has 1 aliphatic heterocycles. The first-order chi connectivity index (χ1) is 13.2.